The zero-order valence-electron chi connectivity index (χ0n) is 20.0. The number of rotatable bonds is 8. The molecule has 35 heavy (non-hydrogen) atoms. The van der Waals surface area contributed by atoms with E-state index >= 15 is 0 Å². The molecular formula is C31H31NO3. The Morgan fingerprint density at radius 3 is 2.63 bits per heavy atom. The lowest BCUT2D eigenvalue weighted by atomic mass is 9.83. The van der Waals surface area contributed by atoms with Crippen LogP contribution in [0.2, 0.25) is 0 Å². The summed E-state index contributed by atoms with van der Waals surface area (Å²) in [5.41, 5.74) is 4.78. The van der Waals surface area contributed by atoms with Crippen LogP contribution in [-0.2, 0) is 12.8 Å². The molecule has 0 saturated heterocycles. The largest absolute Gasteiger partial charge is 0.489 e. The zero-order chi connectivity index (χ0) is 24.2. The zero-order valence-corrected chi connectivity index (χ0v) is 20.0. The van der Waals surface area contributed by atoms with Gasteiger partial charge in [-0.1, -0.05) is 79.7 Å². The van der Waals surface area contributed by atoms with Crippen LogP contribution in [-0.4, -0.2) is 30.3 Å². The van der Waals surface area contributed by atoms with Gasteiger partial charge in [0.2, 0.25) is 0 Å². The molecule has 4 nitrogen and oxygen atoms in total. The minimum absolute atomic E-state index is 0.0153. The van der Waals surface area contributed by atoms with Crippen molar-refractivity contribution in [3.63, 3.8) is 0 Å². The number of carbonyl (C=O) groups is 1. The van der Waals surface area contributed by atoms with Crippen molar-refractivity contribution in [2.24, 2.45) is 0 Å². The number of hydrogen-bond acceptors (Lipinski definition) is 3. The Hall–Kier alpha value is -3.63. The Labute approximate surface area is 206 Å². The molecule has 4 heteroatoms. The van der Waals surface area contributed by atoms with Crippen molar-refractivity contribution in [3.8, 4) is 5.75 Å². The molecule has 0 radical (unpaired) electrons. The van der Waals surface area contributed by atoms with Gasteiger partial charge in [0.15, 0.2) is 0 Å². The topological polar surface area (TPSA) is 58.6 Å². The fourth-order valence-corrected chi connectivity index (χ4v) is 5.25. The number of aromatic carboxylic acids is 1. The summed E-state index contributed by atoms with van der Waals surface area (Å²) in [6.07, 6.45) is 2.48. The van der Waals surface area contributed by atoms with E-state index in [0.29, 0.717) is 12.0 Å². The first kappa shape index (κ1) is 23.1. The quantitative estimate of drug-likeness (QED) is 0.304. The summed E-state index contributed by atoms with van der Waals surface area (Å²) in [7, 11) is 0. The number of ether oxygens (including phenoxy) is 1. The van der Waals surface area contributed by atoms with E-state index < -0.39 is 5.97 Å². The summed E-state index contributed by atoms with van der Waals surface area (Å²) < 4.78 is 6.35. The lowest BCUT2D eigenvalue weighted by molar-refractivity contribution is 0.0695. The number of nitrogens with one attached hydrogen (secondary N) is 1. The maximum Gasteiger partial charge on any atom is 0.335 e. The summed E-state index contributed by atoms with van der Waals surface area (Å²) in [6.45, 7) is 3.61. The molecule has 1 aliphatic heterocycles. The van der Waals surface area contributed by atoms with Gasteiger partial charge in [0.05, 0.1) is 5.56 Å². The molecule has 4 aromatic rings. The van der Waals surface area contributed by atoms with Crippen LogP contribution in [0.5, 0.6) is 5.75 Å². The molecule has 1 aliphatic rings. The molecule has 4 aromatic carbocycles. The third kappa shape index (κ3) is 4.94. The first-order valence-corrected chi connectivity index (χ1v) is 12.4. The van der Waals surface area contributed by atoms with Crippen LogP contribution < -0.4 is 10.1 Å². The SMILES string of the molecule is CCc1ccc(C2CC(CNCCc3cccc4ccccc34)Oc3ccccc32)cc1C(=O)O. The Balaban J connectivity index is 1.30. The van der Waals surface area contributed by atoms with Crippen molar-refractivity contribution in [1.82, 2.24) is 5.32 Å². The molecule has 178 valence electrons. The van der Waals surface area contributed by atoms with Gasteiger partial charge in [-0.25, -0.2) is 4.79 Å². The van der Waals surface area contributed by atoms with Gasteiger partial charge in [0, 0.05) is 18.0 Å². The molecule has 1 heterocycles. The van der Waals surface area contributed by atoms with Crippen LogP contribution in [0.15, 0.2) is 84.9 Å². The van der Waals surface area contributed by atoms with Crippen molar-refractivity contribution in [3.05, 3.63) is 113 Å². The third-order valence-electron chi connectivity index (χ3n) is 7.06. The van der Waals surface area contributed by atoms with E-state index in [1.807, 2.05) is 37.3 Å². The summed E-state index contributed by atoms with van der Waals surface area (Å²) in [5.74, 6) is 0.130. The Bertz CT molecular complexity index is 1340. The van der Waals surface area contributed by atoms with Crippen LogP contribution in [0.4, 0.5) is 0 Å². The molecule has 0 aliphatic carbocycles. The van der Waals surface area contributed by atoms with E-state index in [2.05, 4.69) is 59.9 Å². The minimum atomic E-state index is -0.865. The lowest BCUT2D eigenvalue weighted by Crippen LogP contribution is -2.36. The van der Waals surface area contributed by atoms with E-state index in [1.54, 1.807) is 0 Å². The first-order valence-electron chi connectivity index (χ1n) is 12.4. The van der Waals surface area contributed by atoms with Gasteiger partial charge in [0.25, 0.3) is 0 Å². The molecule has 0 aromatic heterocycles. The van der Waals surface area contributed by atoms with Gasteiger partial charge in [-0.15, -0.1) is 0 Å². The highest BCUT2D eigenvalue weighted by Gasteiger charge is 2.29. The Morgan fingerprint density at radius 2 is 1.77 bits per heavy atom. The maximum atomic E-state index is 11.9. The van der Waals surface area contributed by atoms with Crippen LogP contribution >= 0.6 is 0 Å². The molecule has 5 rings (SSSR count). The highest BCUT2D eigenvalue weighted by Crippen LogP contribution is 2.40. The smallest absolute Gasteiger partial charge is 0.335 e. The van der Waals surface area contributed by atoms with Gasteiger partial charge in [-0.2, -0.15) is 0 Å². The average Bonchev–Trinajstić information content (AvgIpc) is 2.90. The second-order valence-electron chi connectivity index (χ2n) is 9.23. The second kappa shape index (κ2) is 10.3. The van der Waals surface area contributed by atoms with Gasteiger partial charge in [0.1, 0.15) is 11.9 Å². The summed E-state index contributed by atoms with van der Waals surface area (Å²) in [6, 6.07) is 29.0. The number of aryl methyl sites for hydroxylation is 1. The number of para-hydroxylation sites is 1. The molecule has 2 unspecified atom stereocenters. The number of benzene rings is 4. The average molecular weight is 466 g/mol. The highest BCUT2D eigenvalue weighted by atomic mass is 16.5. The number of hydrogen-bond donors (Lipinski definition) is 2. The Kier molecular flexibility index (Phi) is 6.82. The molecule has 0 amide bonds. The van der Waals surface area contributed by atoms with E-state index in [0.717, 1.165) is 48.4 Å². The molecular weight excluding hydrogens is 434 g/mol. The molecule has 0 spiro atoms. The molecule has 2 N–H and O–H groups in total. The number of carboxylic acids is 1. The lowest BCUT2D eigenvalue weighted by Gasteiger charge is -2.33. The number of carboxylic acid groups (broad SMARTS) is 1. The first-order chi connectivity index (χ1) is 17.1. The van der Waals surface area contributed by atoms with Gasteiger partial charge in [-0.05, 0) is 65.4 Å². The molecule has 0 saturated carbocycles. The van der Waals surface area contributed by atoms with Crippen molar-refractivity contribution in [2.45, 2.75) is 38.2 Å². The van der Waals surface area contributed by atoms with E-state index in [1.165, 1.54) is 16.3 Å². The van der Waals surface area contributed by atoms with E-state index in [-0.39, 0.29) is 12.0 Å². The van der Waals surface area contributed by atoms with Crippen molar-refractivity contribution < 1.29 is 14.6 Å². The van der Waals surface area contributed by atoms with Gasteiger partial charge >= 0.3 is 5.97 Å². The van der Waals surface area contributed by atoms with E-state index in [9.17, 15) is 9.90 Å². The summed E-state index contributed by atoms with van der Waals surface area (Å²) in [4.78, 5) is 11.9. The molecule has 0 bridgehead atoms. The fourth-order valence-electron chi connectivity index (χ4n) is 5.25. The van der Waals surface area contributed by atoms with Crippen molar-refractivity contribution >= 4 is 16.7 Å². The molecule has 0 fully saturated rings. The van der Waals surface area contributed by atoms with Crippen LogP contribution in [0.1, 0.15) is 51.9 Å². The van der Waals surface area contributed by atoms with Crippen LogP contribution in [0, 0.1) is 0 Å². The van der Waals surface area contributed by atoms with Crippen molar-refractivity contribution in [1.29, 1.82) is 0 Å². The van der Waals surface area contributed by atoms with Crippen LogP contribution in [0.25, 0.3) is 10.8 Å². The Morgan fingerprint density at radius 1 is 0.971 bits per heavy atom. The predicted molar refractivity (Wildman–Crippen MR) is 141 cm³/mol. The maximum absolute atomic E-state index is 11.9. The predicted octanol–water partition coefficient (Wildman–Crippen LogP) is 6.22. The normalized spacial score (nSPS) is 17.1. The standard InChI is InChI=1S/C31H31NO3/c1-2-21-14-15-24(18-29(21)31(33)34)28-19-25(35-30-13-6-5-12-27(28)30)20-32-17-16-23-10-7-9-22-8-3-4-11-26(22)23/h3-15,18,25,28,32H,2,16-17,19-20H2,1H3,(H,33,34). The third-order valence-corrected chi connectivity index (χ3v) is 7.06. The highest BCUT2D eigenvalue weighted by molar-refractivity contribution is 5.89. The molecule has 2 atom stereocenters. The van der Waals surface area contributed by atoms with Gasteiger partial charge < -0.3 is 15.2 Å². The monoisotopic (exact) mass is 465 g/mol. The van der Waals surface area contributed by atoms with Gasteiger partial charge in [-0.3, -0.25) is 0 Å². The van der Waals surface area contributed by atoms with Crippen LogP contribution in [0.3, 0.4) is 0 Å². The fraction of sp³-hybridized carbons (Fsp3) is 0.258. The number of fused-ring (bicyclic) bond motifs is 2. The second-order valence-corrected chi connectivity index (χ2v) is 9.23. The van der Waals surface area contributed by atoms with Crippen molar-refractivity contribution in [2.75, 3.05) is 13.1 Å². The summed E-state index contributed by atoms with van der Waals surface area (Å²) >= 11 is 0. The summed E-state index contributed by atoms with van der Waals surface area (Å²) in [5, 5.41) is 15.9. The minimum Gasteiger partial charge on any atom is -0.489 e. The van der Waals surface area contributed by atoms with E-state index in [4.69, 9.17) is 4.74 Å².